The maximum atomic E-state index is 12.7. The van der Waals surface area contributed by atoms with Crippen LogP contribution < -0.4 is 9.47 Å². The van der Waals surface area contributed by atoms with Gasteiger partial charge in [0.15, 0.2) is 0 Å². The van der Waals surface area contributed by atoms with E-state index in [9.17, 15) is 9.90 Å². The van der Waals surface area contributed by atoms with Gasteiger partial charge in [0.1, 0.15) is 34.5 Å². The van der Waals surface area contributed by atoms with Crippen LogP contribution in [0.2, 0.25) is 0 Å². The van der Waals surface area contributed by atoms with Gasteiger partial charge in [-0.15, -0.1) is 0 Å². The molecule has 178 valence electrons. The number of methoxy groups -OCH3 is 1. The number of rotatable bonds is 8. The summed E-state index contributed by atoms with van der Waals surface area (Å²) in [4.78, 5) is 17.7. The van der Waals surface area contributed by atoms with Crippen LogP contribution in [0.3, 0.4) is 0 Å². The van der Waals surface area contributed by atoms with E-state index in [1.807, 2.05) is 54.6 Å². The van der Waals surface area contributed by atoms with Gasteiger partial charge in [-0.1, -0.05) is 60.3 Å². The molecule has 0 fully saturated rings. The summed E-state index contributed by atoms with van der Waals surface area (Å²) in [5.74, 6) is 0.570. The Bertz CT molecular complexity index is 1280. The third-order valence-corrected chi connectivity index (χ3v) is 6.14. The zero-order valence-corrected chi connectivity index (χ0v) is 20.2. The van der Waals surface area contributed by atoms with Crippen LogP contribution in [0.1, 0.15) is 18.1 Å². The monoisotopic (exact) mass is 487 g/mol. The molecule has 1 heterocycles. The minimum Gasteiger partial charge on any atom is -0.506 e. The minimum absolute atomic E-state index is 0.0432. The normalized spacial score (nSPS) is 15.5. The summed E-state index contributed by atoms with van der Waals surface area (Å²) >= 11 is 1.20. The Morgan fingerprint density at radius 3 is 2.43 bits per heavy atom. The van der Waals surface area contributed by atoms with E-state index in [0.717, 1.165) is 11.1 Å². The number of carbonyl (C=O) groups is 1. The number of hydrogen-bond donors (Lipinski definition) is 1. The average molecular weight is 488 g/mol. The number of aliphatic imine (C=N–C) groups is 1. The summed E-state index contributed by atoms with van der Waals surface area (Å²) in [6.45, 7) is 2.31. The Kier molecular flexibility index (Phi) is 7.90. The zero-order chi connectivity index (χ0) is 24.6. The second kappa shape index (κ2) is 11.4. The average Bonchev–Trinajstić information content (AvgIpc) is 3.19. The van der Waals surface area contributed by atoms with Crippen LogP contribution in [0.15, 0.2) is 100 Å². The molecule has 0 saturated heterocycles. The van der Waals surface area contributed by atoms with Gasteiger partial charge in [-0.05, 0) is 48.9 Å². The van der Waals surface area contributed by atoms with Crippen molar-refractivity contribution in [1.82, 2.24) is 0 Å². The SMILES string of the molecule is CCOC(=O)C1=C(O)/C(=C/c2ccccc2OCc2ccccc2)SC1=Nc1ccc(OC)cc1. The first-order valence-electron chi connectivity index (χ1n) is 11.1. The summed E-state index contributed by atoms with van der Waals surface area (Å²) in [7, 11) is 1.59. The first-order valence-corrected chi connectivity index (χ1v) is 11.9. The lowest BCUT2D eigenvalue weighted by atomic mass is 10.1. The predicted octanol–water partition coefficient (Wildman–Crippen LogP) is 6.47. The third kappa shape index (κ3) is 5.94. The van der Waals surface area contributed by atoms with Gasteiger partial charge in [0.2, 0.25) is 0 Å². The topological polar surface area (TPSA) is 77.4 Å². The highest BCUT2D eigenvalue weighted by Crippen LogP contribution is 2.41. The van der Waals surface area contributed by atoms with E-state index in [1.54, 1.807) is 44.4 Å². The fourth-order valence-corrected chi connectivity index (χ4v) is 4.40. The molecule has 1 aliphatic rings. The number of aliphatic hydroxyl groups excluding tert-OH is 1. The number of thioether (sulfide) groups is 1. The van der Waals surface area contributed by atoms with Crippen LogP contribution >= 0.6 is 11.8 Å². The van der Waals surface area contributed by atoms with E-state index < -0.39 is 5.97 Å². The van der Waals surface area contributed by atoms with Crippen molar-refractivity contribution in [2.24, 2.45) is 4.99 Å². The number of nitrogens with zero attached hydrogens (tertiary/aromatic N) is 1. The van der Waals surface area contributed by atoms with E-state index in [4.69, 9.17) is 14.2 Å². The molecule has 6 nitrogen and oxygen atoms in total. The standard InChI is InChI=1S/C28H25NO5S/c1-3-33-28(31)25-26(30)24(35-27(25)29-21-13-15-22(32-2)16-14-21)17-20-11-7-8-12-23(20)34-18-19-9-5-4-6-10-19/h4-17,30H,3,18H2,1-2H3/b24-17-,29-27?. The van der Waals surface area contributed by atoms with E-state index in [-0.39, 0.29) is 17.9 Å². The largest absolute Gasteiger partial charge is 0.506 e. The zero-order valence-electron chi connectivity index (χ0n) is 19.4. The van der Waals surface area contributed by atoms with E-state index >= 15 is 0 Å². The lowest BCUT2D eigenvalue weighted by molar-refractivity contribution is -0.138. The van der Waals surface area contributed by atoms with Crippen LogP contribution in [-0.4, -0.2) is 29.8 Å². The maximum Gasteiger partial charge on any atom is 0.344 e. The lowest BCUT2D eigenvalue weighted by Gasteiger charge is -2.10. The van der Waals surface area contributed by atoms with Crippen molar-refractivity contribution in [2.75, 3.05) is 13.7 Å². The summed E-state index contributed by atoms with van der Waals surface area (Å²) in [5, 5.41) is 11.3. The molecule has 0 unspecified atom stereocenters. The van der Waals surface area contributed by atoms with Gasteiger partial charge in [-0.2, -0.15) is 0 Å². The molecule has 0 aliphatic carbocycles. The molecule has 0 aromatic heterocycles. The molecular formula is C28H25NO5S. The second-order valence-corrected chi connectivity index (χ2v) is 8.51. The Morgan fingerprint density at radius 1 is 1.00 bits per heavy atom. The molecule has 1 aliphatic heterocycles. The number of para-hydroxylation sites is 1. The Balaban J connectivity index is 1.66. The number of ether oxygens (including phenoxy) is 3. The first-order chi connectivity index (χ1) is 17.1. The third-order valence-electron chi connectivity index (χ3n) is 5.12. The summed E-state index contributed by atoms with van der Waals surface area (Å²) in [6.07, 6.45) is 1.79. The smallest absolute Gasteiger partial charge is 0.344 e. The summed E-state index contributed by atoms with van der Waals surface area (Å²) in [5.41, 5.74) is 2.48. The molecule has 35 heavy (non-hydrogen) atoms. The highest BCUT2D eigenvalue weighted by Gasteiger charge is 2.33. The van der Waals surface area contributed by atoms with Gasteiger partial charge in [0, 0.05) is 5.56 Å². The molecule has 0 atom stereocenters. The van der Waals surface area contributed by atoms with Crippen molar-refractivity contribution < 1.29 is 24.1 Å². The molecule has 3 aromatic carbocycles. The number of carbonyl (C=O) groups excluding carboxylic acids is 1. The Morgan fingerprint density at radius 2 is 1.71 bits per heavy atom. The molecule has 0 amide bonds. The van der Waals surface area contributed by atoms with Crippen molar-refractivity contribution in [1.29, 1.82) is 0 Å². The molecule has 7 heteroatoms. The molecule has 0 bridgehead atoms. The molecule has 0 spiro atoms. The van der Waals surface area contributed by atoms with Crippen LogP contribution in [0, 0.1) is 0 Å². The van der Waals surface area contributed by atoms with Gasteiger partial charge in [0.25, 0.3) is 0 Å². The highest BCUT2D eigenvalue weighted by molar-refractivity contribution is 8.18. The molecule has 0 radical (unpaired) electrons. The number of esters is 1. The number of hydrogen-bond acceptors (Lipinski definition) is 7. The van der Waals surface area contributed by atoms with Gasteiger partial charge in [0.05, 0.1) is 24.3 Å². The van der Waals surface area contributed by atoms with Crippen molar-refractivity contribution in [2.45, 2.75) is 13.5 Å². The van der Waals surface area contributed by atoms with E-state index in [0.29, 0.717) is 33.7 Å². The number of aliphatic hydroxyl groups is 1. The first kappa shape index (κ1) is 24.2. The van der Waals surface area contributed by atoms with Crippen molar-refractivity contribution in [3.8, 4) is 11.5 Å². The van der Waals surface area contributed by atoms with Crippen molar-refractivity contribution in [3.63, 3.8) is 0 Å². The van der Waals surface area contributed by atoms with Crippen LogP contribution in [-0.2, 0) is 16.1 Å². The van der Waals surface area contributed by atoms with Gasteiger partial charge < -0.3 is 19.3 Å². The lowest BCUT2D eigenvalue weighted by Crippen LogP contribution is -2.12. The molecule has 0 saturated carbocycles. The number of benzene rings is 3. The van der Waals surface area contributed by atoms with Crippen molar-refractivity contribution >= 4 is 34.5 Å². The summed E-state index contributed by atoms with van der Waals surface area (Å²) in [6, 6.07) is 24.5. The maximum absolute atomic E-state index is 12.7. The van der Waals surface area contributed by atoms with Crippen LogP contribution in [0.5, 0.6) is 11.5 Å². The Labute approximate surface area is 208 Å². The van der Waals surface area contributed by atoms with Crippen molar-refractivity contribution in [3.05, 3.63) is 106 Å². The van der Waals surface area contributed by atoms with E-state index in [1.165, 1.54) is 11.8 Å². The van der Waals surface area contributed by atoms with Gasteiger partial charge in [-0.3, -0.25) is 0 Å². The minimum atomic E-state index is -0.623. The fraction of sp³-hybridized carbons (Fsp3) is 0.143. The second-order valence-electron chi connectivity index (χ2n) is 7.48. The molecule has 1 N–H and O–H groups in total. The Hall–Kier alpha value is -3.97. The molecule has 4 rings (SSSR count). The van der Waals surface area contributed by atoms with E-state index in [2.05, 4.69) is 4.99 Å². The molecule has 3 aromatic rings. The fourth-order valence-electron chi connectivity index (χ4n) is 3.37. The van der Waals surface area contributed by atoms with Gasteiger partial charge in [-0.25, -0.2) is 9.79 Å². The predicted molar refractivity (Wildman–Crippen MR) is 139 cm³/mol. The highest BCUT2D eigenvalue weighted by atomic mass is 32.2. The van der Waals surface area contributed by atoms with Crippen LogP contribution in [0.25, 0.3) is 6.08 Å². The molecular weight excluding hydrogens is 462 g/mol. The van der Waals surface area contributed by atoms with Gasteiger partial charge >= 0.3 is 5.97 Å². The van der Waals surface area contributed by atoms with Crippen LogP contribution in [0.4, 0.5) is 5.69 Å². The quantitative estimate of drug-likeness (QED) is 0.367. The summed E-state index contributed by atoms with van der Waals surface area (Å²) < 4.78 is 16.4.